The molecule has 0 radical (unpaired) electrons. The number of hydrogen-bond acceptors (Lipinski definition) is 1. The molecule has 0 unspecified atom stereocenters. The number of benzene rings is 3. The number of nitrogens with zero attached hydrogens (tertiary/aromatic N) is 1. The molecule has 0 fully saturated rings. The second-order valence-electron chi connectivity index (χ2n) is 4.53. The molecule has 18 heavy (non-hydrogen) atoms. The summed E-state index contributed by atoms with van der Waals surface area (Å²) in [7, 11) is 0. The average molecular weight is 229 g/mol. The predicted molar refractivity (Wildman–Crippen MR) is 76.8 cm³/mol. The molecule has 3 aromatic carbocycles. The Hall–Kier alpha value is -2.41. The minimum atomic E-state index is 1.06. The fourth-order valence-electron chi connectivity index (χ4n) is 2.63. The zero-order chi connectivity index (χ0) is 11.9. The lowest BCUT2D eigenvalue weighted by Crippen LogP contribution is -1.83. The van der Waals surface area contributed by atoms with E-state index in [9.17, 15) is 0 Å². The lowest BCUT2D eigenvalue weighted by molar-refractivity contribution is 1.45. The fraction of sp³-hybridized carbons (Fsp3) is 0. The van der Waals surface area contributed by atoms with Crippen LogP contribution in [0, 0.1) is 0 Å². The van der Waals surface area contributed by atoms with Gasteiger partial charge in [0.2, 0.25) is 0 Å². The van der Waals surface area contributed by atoms with Crippen molar-refractivity contribution in [2.75, 3.05) is 0 Å². The van der Waals surface area contributed by atoms with Crippen molar-refractivity contribution >= 4 is 32.4 Å². The van der Waals surface area contributed by atoms with Crippen molar-refractivity contribution in [3.63, 3.8) is 0 Å². The van der Waals surface area contributed by atoms with Crippen molar-refractivity contribution in [3.05, 3.63) is 66.9 Å². The van der Waals surface area contributed by atoms with Crippen molar-refractivity contribution in [3.8, 4) is 0 Å². The number of rotatable bonds is 0. The van der Waals surface area contributed by atoms with Gasteiger partial charge in [0.15, 0.2) is 0 Å². The molecule has 4 rings (SSSR count). The van der Waals surface area contributed by atoms with Crippen molar-refractivity contribution < 1.29 is 0 Å². The maximum absolute atomic E-state index is 4.52. The van der Waals surface area contributed by atoms with E-state index >= 15 is 0 Å². The largest absolute Gasteiger partial charge is 0.256 e. The highest BCUT2D eigenvalue weighted by Gasteiger charge is 2.04. The van der Waals surface area contributed by atoms with Crippen molar-refractivity contribution in [2.24, 2.45) is 0 Å². The van der Waals surface area contributed by atoms with Crippen LogP contribution in [-0.4, -0.2) is 4.98 Å². The molecule has 1 nitrogen and oxygen atoms in total. The first-order valence-electron chi connectivity index (χ1n) is 6.09. The second-order valence-corrected chi connectivity index (χ2v) is 4.53. The van der Waals surface area contributed by atoms with E-state index in [1.54, 1.807) is 0 Å². The van der Waals surface area contributed by atoms with Crippen LogP contribution in [0.5, 0.6) is 0 Å². The van der Waals surface area contributed by atoms with E-state index in [0.717, 1.165) is 5.52 Å². The number of pyridine rings is 1. The molecule has 1 aromatic heterocycles. The highest BCUT2D eigenvalue weighted by atomic mass is 14.6. The van der Waals surface area contributed by atoms with Crippen LogP contribution >= 0.6 is 0 Å². The van der Waals surface area contributed by atoms with E-state index in [0.29, 0.717) is 0 Å². The molecule has 0 aliphatic heterocycles. The number of fused-ring (bicyclic) bond motifs is 5. The highest BCUT2D eigenvalue weighted by Crippen LogP contribution is 2.30. The van der Waals surface area contributed by atoms with Crippen LogP contribution in [0.2, 0.25) is 0 Å². The quantitative estimate of drug-likeness (QED) is 0.403. The molecule has 0 aliphatic rings. The molecular weight excluding hydrogens is 218 g/mol. The Morgan fingerprint density at radius 2 is 1.33 bits per heavy atom. The summed E-state index contributed by atoms with van der Waals surface area (Å²) in [5.74, 6) is 0. The van der Waals surface area contributed by atoms with Gasteiger partial charge < -0.3 is 0 Å². The molecule has 0 amide bonds. The summed E-state index contributed by atoms with van der Waals surface area (Å²) in [4.78, 5) is 4.52. The van der Waals surface area contributed by atoms with Crippen molar-refractivity contribution in [2.45, 2.75) is 0 Å². The molecule has 0 saturated heterocycles. The Balaban J connectivity index is 2.38. The third-order valence-electron chi connectivity index (χ3n) is 3.48. The fourth-order valence-corrected chi connectivity index (χ4v) is 2.63. The van der Waals surface area contributed by atoms with Crippen molar-refractivity contribution in [1.29, 1.82) is 0 Å². The first-order valence-corrected chi connectivity index (χ1v) is 6.09. The Morgan fingerprint density at radius 1 is 0.611 bits per heavy atom. The third-order valence-corrected chi connectivity index (χ3v) is 3.48. The molecule has 4 aromatic rings. The van der Waals surface area contributed by atoms with Gasteiger partial charge in [-0.25, -0.2) is 0 Å². The van der Waals surface area contributed by atoms with Crippen LogP contribution in [0.4, 0.5) is 0 Å². The zero-order valence-corrected chi connectivity index (χ0v) is 9.80. The van der Waals surface area contributed by atoms with E-state index in [1.807, 2.05) is 12.3 Å². The van der Waals surface area contributed by atoms with Gasteiger partial charge in [0.25, 0.3) is 0 Å². The second kappa shape index (κ2) is 3.54. The zero-order valence-electron chi connectivity index (χ0n) is 9.80. The molecule has 1 heterocycles. The van der Waals surface area contributed by atoms with E-state index in [-0.39, 0.29) is 0 Å². The molecule has 0 spiro atoms. The molecule has 1 heteroatoms. The standard InChI is InChI=1S/C17H11N/c1-2-6-14-12(5-1)9-10-13-11-18-16-8-4-3-7-15(16)17(13)14/h1-11H. The average Bonchev–Trinajstić information content (AvgIpc) is 2.46. The molecule has 0 N–H and O–H groups in total. The molecule has 0 saturated carbocycles. The van der Waals surface area contributed by atoms with Crippen LogP contribution in [0.15, 0.2) is 66.9 Å². The third kappa shape index (κ3) is 1.25. The highest BCUT2D eigenvalue weighted by molar-refractivity contribution is 6.18. The molecule has 0 bridgehead atoms. The topological polar surface area (TPSA) is 12.9 Å². The Kier molecular flexibility index (Phi) is 1.89. The van der Waals surface area contributed by atoms with Crippen molar-refractivity contribution in [1.82, 2.24) is 4.98 Å². The molecule has 0 aliphatic carbocycles. The van der Waals surface area contributed by atoms with Gasteiger partial charge in [-0.3, -0.25) is 4.98 Å². The Bertz CT molecular complexity index is 807. The summed E-state index contributed by atoms with van der Waals surface area (Å²) in [6.45, 7) is 0. The lowest BCUT2D eigenvalue weighted by Gasteiger charge is -2.06. The first kappa shape index (κ1) is 9.60. The lowest BCUT2D eigenvalue weighted by atomic mass is 10.00. The number of para-hydroxylation sites is 1. The monoisotopic (exact) mass is 229 g/mol. The number of aromatic nitrogens is 1. The summed E-state index contributed by atoms with van der Waals surface area (Å²) in [5.41, 5.74) is 1.06. The van der Waals surface area contributed by atoms with Gasteiger partial charge in [0.1, 0.15) is 0 Å². The summed E-state index contributed by atoms with van der Waals surface area (Å²) < 4.78 is 0. The first-order chi connectivity index (χ1) is 8.93. The summed E-state index contributed by atoms with van der Waals surface area (Å²) in [6.07, 6.45) is 1.96. The molecule has 0 atom stereocenters. The van der Waals surface area contributed by atoms with Gasteiger partial charge >= 0.3 is 0 Å². The minimum absolute atomic E-state index is 1.06. The van der Waals surface area contributed by atoms with E-state index < -0.39 is 0 Å². The maximum atomic E-state index is 4.52. The SMILES string of the molecule is c1ccc2c(c1)ccc1cnc3ccccc3c12. The Labute approximate surface area is 105 Å². The maximum Gasteiger partial charge on any atom is 0.0708 e. The van der Waals surface area contributed by atoms with Crippen LogP contribution in [-0.2, 0) is 0 Å². The summed E-state index contributed by atoms with van der Waals surface area (Å²) in [6, 6.07) is 21.2. The van der Waals surface area contributed by atoms with Gasteiger partial charge in [-0.2, -0.15) is 0 Å². The summed E-state index contributed by atoms with van der Waals surface area (Å²) in [5, 5.41) is 6.31. The van der Waals surface area contributed by atoms with E-state index in [4.69, 9.17) is 0 Å². The normalized spacial score (nSPS) is 11.3. The smallest absolute Gasteiger partial charge is 0.0708 e. The summed E-state index contributed by atoms with van der Waals surface area (Å²) >= 11 is 0. The van der Waals surface area contributed by atoms with Gasteiger partial charge in [0, 0.05) is 22.4 Å². The van der Waals surface area contributed by atoms with Gasteiger partial charge in [-0.15, -0.1) is 0 Å². The molecule has 84 valence electrons. The van der Waals surface area contributed by atoms with Crippen LogP contribution in [0.25, 0.3) is 32.4 Å². The van der Waals surface area contributed by atoms with Crippen LogP contribution < -0.4 is 0 Å². The van der Waals surface area contributed by atoms with Gasteiger partial charge in [-0.1, -0.05) is 54.6 Å². The van der Waals surface area contributed by atoms with E-state index in [1.165, 1.54) is 26.9 Å². The predicted octanol–water partition coefficient (Wildman–Crippen LogP) is 4.54. The minimum Gasteiger partial charge on any atom is -0.256 e. The van der Waals surface area contributed by atoms with Crippen LogP contribution in [0.1, 0.15) is 0 Å². The van der Waals surface area contributed by atoms with Gasteiger partial charge in [-0.05, 0) is 16.8 Å². The Morgan fingerprint density at radius 3 is 2.28 bits per heavy atom. The van der Waals surface area contributed by atoms with Gasteiger partial charge in [0.05, 0.1) is 5.52 Å². The van der Waals surface area contributed by atoms with E-state index in [2.05, 4.69) is 59.6 Å². The van der Waals surface area contributed by atoms with Crippen LogP contribution in [0.3, 0.4) is 0 Å². The number of hydrogen-bond donors (Lipinski definition) is 0. The molecular formula is C17H11N.